The molecule has 0 bridgehead atoms. The normalized spacial score (nSPS) is 11.0. The lowest BCUT2D eigenvalue weighted by atomic mass is 10.1. The Balaban J connectivity index is 1.65. The van der Waals surface area contributed by atoms with Crippen molar-refractivity contribution in [2.75, 3.05) is 5.73 Å². The smallest absolute Gasteiger partial charge is 0.335 e. The van der Waals surface area contributed by atoms with E-state index in [0.717, 1.165) is 29.7 Å². The van der Waals surface area contributed by atoms with Crippen LogP contribution < -0.4 is 11.3 Å². The number of thiophene rings is 1. The summed E-state index contributed by atoms with van der Waals surface area (Å²) in [5.74, 6) is -0.784. The number of nitrogens with two attached hydrogens (primary N) is 1. The Morgan fingerprint density at radius 2 is 2.00 bits per heavy atom. The van der Waals surface area contributed by atoms with E-state index in [1.165, 1.54) is 11.3 Å². The van der Waals surface area contributed by atoms with Gasteiger partial charge in [0.1, 0.15) is 4.83 Å². The van der Waals surface area contributed by atoms with Crippen molar-refractivity contribution in [1.82, 2.24) is 9.97 Å². The van der Waals surface area contributed by atoms with E-state index >= 15 is 0 Å². The van der Waals surface area contributed by atoms with Crippen molar-refractivity contribution < 1.29 is 9.90 Å². The van der Waals surface area contributed by atoms with Crippen LogP contribution in [0.5, 0.6) is 0 Å². The van der Waals surface area contributed by atoms with Crippen LogP contribution in [0.25, 0.3) is 10.2 Å². The molecule has 6 nitrogen and oxygen atoms in total. The molecule has 3 aromatic rings. The standard InChI is InChI=1S/C16H15N3O3S/c17-16-18-13(20)12-8-11(23-14(12)19-16)3-1-2-9-4-6-10(7-5-9)15(21)22/h4-8H,1-3H2,(H,21,22)(H3,17,18,19,20). The maximum absolute atomic E-state index is 11.8. The molecule has 0 atom stereocenters. The lowest BCUT2D eigenvalue weighted by molar-refractivity contribution is 0.0697. The van der Waals surface area contributed by atoms with Crippen molar-refractivity contribution in [1.29, 1.82) is 0 Å². The Morgan fingerprint density at radius 1 is 1.26 bits per heavy atom. The number of nitrogens with zero attached hydrogens (tertiary/aromatic N) is 1. The molecular formula is C16H15N3O3S. The number of aryl methyl sites for hydroxylation is 2. The van der Waals surface area contributed by atoms with Crippen molar-refractivity contribution in [3.8, 4) is 0 Å². The van der Waals surface area contributed by atoms with Gasteiger partial charge in [-0.2, -0.15) is 0 Å². The number of carboxylic acids is 1. The van der Waals surface area contributed by atoms with Gasteiger partial charge in [0.2, 0.25) is 5.95 Å². The summed E-state index contributed by atoms with van der Waals surface area (Å²) in [6.45, 7) is 0. The highest BCUT2D eigenvalue weighted by atomic mass is 32.1. The fourth-order valence-corrected chi connectivity index (χ4v) is 3.48. The van der Waals surface area contributed by atoms with Gasteiger partial charge in [-0.25, -0.2) is 9.78 Å². The van der Waals surface area contributed by atoms with E-state index in [9.17, 15) is 9.59 Å². The van der Waals surface area contributed by atoms with Crippen molar-refractivity contribution >= 4 is 33.5 Å². The highest BCUT2D eigenvalue weighted by Gasteiger charge is 2.08. The summed E-state index contributed by atoms with van der Waals surface area (Å²) in [4.78, 5) is 31.0. The fourth-order valence-electron chi connectivity index (χ4n) is 2.40. The van der Waals surface area contributed by atoms with Crippen molar-refractivity contribution in [2.45, 2.75) is 19.3 Å². The van der Waals surface area contributed by atoms with E-state index in [0.29, 0.717) is 15.8 Å². The molecule has 0 aliphatic heterocycles. The Labute approximate surface area is 135 Å². The predicted octanol–water partition coefficient (Wildman–Crippen LogP) is 2.44. The molecule has 0 aliphatic rings. The molecular weight excluding hydrogens is 314 g/mol. The van der Waals surface area contributed by atoms with Crippen molar-refractivity contribution in [2.24, 2.45) is 0 Å². The van der Waals surface area contributed by atoms with Gasteiger partial charge >= 0.3 is 5.97 Å². The van der Waals surface area contributed by atoms with E-state index in [-0.39, 0.29) is 11.5 Å². The molecule has 0 radical (unpaired) electrons. The first-order chi connectivity index (χ1) is 11.0. The topological polar surface area (TPSA) is 109 Å². The predicted molar refractivity (Wildman–Crippen MR) is 90.1 cm³/mol. The molecule has 0 spiro atoms. The first-order valence-corrected chi connectivity index (χ1v) is 7.95. The van der Waals surface area contributed by atoms with Crippen LogP contribution in [0.15, 0.2) is 35.1 Å². The number of aromatic carboxylic acids is 1. The minimum absolute atomic E-state index is 0.134. The van der Waals surface area contributed by atoms with Gasteiger partial charge in [0.15, 0.2) is 0 Å². The van der Waals surface area contributed by atoms with Crippen LogP contribution in [-0.4, -0.2) is 21.0 Å². The molecule has 1 aromatic carbocycles. The fraction of sp³-hybridized carbons (Fsp3) is 0.188. The molecule has 118 valence electrons. The first-order valence-electron chi connectivity index (χ1n) is 7.13. The Kier molecular flexibility index (Phi) is 4.12. The Bertz CT molecular complexity index is 912. The number of hydrogen-bond donors (Lipinski definition) is 3. The average molecular weight is 329 g/mol. The summed E-state index contributed by atoms with van der Waals surface area (Å²) in [7, 11) is 0. The highest BCUT2D eigenvalue weighted by molar-refractivity contribution is 7.18. The maximum Gasteiger partial charge on any atom is 0.335 e. The number of H-pyrrole nitrogens is 1. The van der Waals surface area contributed by atoms with Gasteiger partial charge in [0.25, 0.3) is 5.56 Å². The summed E-state index contributed by atoms with van der Waals surface area (Å²) in [5, 5.41) is 9.44. The Morgan fingerprint density at radius 3 is 2.70 bits per heavy atom. The van der Waals surface area contributed by atoms with Crippen LogP contribution >= 0.6 is 11.3 Å². The van der Waals surface area contributed by atoms with Gasteiger partial charge in [0, 0.05) is 4.88 Å². The van der Waals surface area contributed by atoms with Crippen molar-refractivity contribution in [3.63, 3.8) is 0 Å². The van der Waals surface area contributed by atoms with E-state index in [1.807, 2.05) is 18.2 Å². The molecule has 7 heteroatoms. The van der Waals surface area contributed by atoms with Gasteiger partial charge < -0.3 is 10.8 Å². The summed E-state index contributed by atoms with van der Waals surface area (Å²) in [6, 6.07) is 8.76. The average Bonchev–Trinajstić information content (AvgIpc) is 2.91. The molecule has 0 amide bonds. The van der Waals surface area contributed by atoms with Crippen molar-refractivity contribution in [3.05, 3.63) is 56.7 Å². The molecule has 3 rings (SSSR count). The quantitative estimate of drug-likeness (QED) is 0.666. The number of nitrogens with one attached hydrogen (secondary N) is 1. The number of nitrogen functional groups attached to an aromatic ring is 1. The molecule has 2 heterocycles. The van der Waals surface area contributed by atoms with E-state index in [1.54, 1.807) is 12.1 Å². The minimum atomic E-state index is -0.918. The van der Waals surface area contributed by atoms with Crippen LogP contribution in [-0.2, 0) is 12.8 Å². The van der Waals surface area contributed by atoms with Crippen LogP contribution in [0.3, 0.4) is 0 Å². The molecule has 4 N–H and O–H groups in total. The second-order valence-electron chi connectivity index (χ2n) is 5.24. The van der Waals surface area contributed by atoms with Crippen LogP contribution in [0.1, 0.15) is 27.2 Å². The number of carboxylic acid groups (broad SMARTS) is 1. The van der Waals surface area contributed by atoms with Gasteiger partial charge in [0.05, 0.1) is 10.9 Å². The molecule has 0 saturated carbocycles. The van der Waals surface area contributed by atoms with Crippen LogP contribution in [0.4, 0.5) is 5.95 Å². The second-order valence-corrected chi connectivity index (χ2v) is 6.35. The monoisotopic (exact) mass is 329 g/mol. The zero-order valence-electron chi connectivity index (χ0n) is 12.2. The molecule has 2 aromatic heterocycles. The largest absolute Gasteiger partial charge is 0.478 e. The molecule has 0 fully saturated rings. The van der Waals surface area contributed by atoms with Gasteiger partial charge in [-0.1, -0.05) is 12.1 Å². The molecule has 0 unspecified atom stereocenters. The molecule has 23 heavy (non-hydrogen) atoms. The summed E-state index contributed by atoms with van der Waals surface area (Å²) < 4.78 is 0. The minimum Gasteiger partial charge on any atom is -0.478 e. The van der Waals surface area contributed by atoms with Crippen LogP contribution in [0.2, 0.25) is 0 Å². The number of aromatic amines is 1. The Hall–Kier alpha value is -2.67. The zero-order chi connectivity index (χ0) is 16.4. The molecule has 0 saturated heterocycles. The summed E-state index contributed by atoms with van der Waals surface area (Å²) in [6.07, 6.45) is 2.59. The third-order valence-electron chi connectivity index (χ3n) is 3.56. The zero-order valence-corrected chi connectivity index (χ0v) is 13.0. The lowest BCUT2D eigenvalue weighted by Gasteiger charge is -2.01. The number of benzene rings is 1. The molecule has 0 aliphatic carbocycles. The number of fused-ring (bicyclic) bond motifs is 1. The third-order valence-corrected chi connectivity index (χ3v) is 4.65. The maximum atomic E-state index is 11.8. The van der Waals surface area contributed by atoms with Gasteiger partial charge in [-0.15, -0.1) is 11.3 Å². The van der Waals surface area contributed by atoms with E-state index in [4.69, 9.17) is 10.8 Å². The number of rotatable bonds is 5. The number of anilines is 1. The van der Waals surface area contributed by atoms with Gasteiger partial charge in [-0.3, -0.25) is 9.78 Å². The second kappa shape index (κ2) is 6.21. The highest BCUT2D eigenvalue weighted by Crippen LogP contribution is 2.23. The van der Waals surface area contributed by atoms with Crippen LogP contribution in [0, 0.1) is 0 Å². The SMILES string of the molecule is Nc1nc2sc(CCCc3ccc(C(=O)O)cc3)cc2c(=O)[nH]1. The lowest BCUT2D eigenvalue weighted by Crippen LogP contribution is -2.09. The number of aromatic nitrogens is 2. The third kappa shape index (κ3) is 3.40. The van der Waals surface area contributed by atoms with E-state index < -0.39 is 5.97 Å². The van der Waals surface area contributed by atoms with E-state index in [2.05, 4.69) is 9.97 Å². The van der Waals surface area contributed by atoms with Gasteiger partial charge in [-0.05, 0) is 43.0 Å². The first kappa shape index (κ1) is 15.2. The summed E-state index contributed by atoms with van der Waals surface area (Å²) in [5.41, 5.74) is 6.72. The summed E-state index contributed by atoms with van der Waals surface area (Å²) >= 11 is 1.48. The number of hydrogen-bond acceptors (Lipinski definition) is 5. The number of carbonyl (C=O) groups is 1.